The van der Waals surface area contributed by atoms with Crippen LogP contribution in [-0.4, -0.2) is 28.3 Å². The van der Waals surface area contributed by atoms with Crippen LogP contribution in [0.25, 0.3) is 0 Å². The molecule has 2 aromatic rings. The molecule has 1 N–H and O–H groups in total. The number of hydrogen-bond acceptors (Lipinski definition) is 6. The van der Waals surface area contributed by atoms with Gasteiger partial charge < -0.3 is 13.7 Å². The number of pyridine rings is 1. The van der Waals surface area contributed by atoms with Gasteiger partial charge in [-0.25, -0.2) is 9.97 Å². The van der Waals surface area contributed by atoms with Crippen molar-refractivity contribution < 1.29 is 13.7 Å². The van der Waals surface area contributed by atoms with E-state index in [0.717, 1.165) is 5.46 Å². The van der Waals surface area contributed by atoms with Gasteiger partial charge in [-0.2, -0.15) is 0 Å². The highest BCUT2D eigenvalue weighted by molar-refractivity contribution is 6.62. The maximum absolute atomic E-state index is 6.02. The van der Waals surface area contributed by atoms with Gasteiger partial charge in [0.05, 0.1) is 17.4 Å². The lowest BCUT2D eigenvalue weighted by molar-refractivity contribution is 0.00578. The molecule has 1 aliphatic heterocycles. The van der Waals surface area contributed by atoms with Crippen molar-refractivity contribution in [2.24, 2.45) is 0 Å². The van der Waals surface area contributed by atoms with Gasteiger partial charge in [-0.1, -0.05) is 0 Å². The van der Waals surface area contributed by atoms with Crippen LogP contribution in [0, 0.1) is 0 Å². The summed E-state index contributed by atoms with van der Waals surface area (Å²) in [5, 5.41) is 2.99. The van der Waals surface area contributed by atoms with E-state index in [0.29, 0.717) is 11.8 Å². The Morgan fingerprint density at radius 3 is 2.38 bits per heavy atom. The predicted molar refractivity (Wildman–Crippen MR) is 79.7 cm³/mol. The fourth-order valence-corrected chi connectivity index (χ4v) is 2.04. The van der Waals surface area contributed by atoms with Crippen LogP contribution in [0.4, 0.5) is 11.8 Å². The van der Waals surface area contributed by atoms with Gasteiger partial charge in [-0.05, 0) is 45.3 Å². The molecule has 0 atom stereocenters. The molecule has 1 fully saturated rings. The zero-order chi connectivity index (χ0) is 15.1. The van der Waals surface area contributed by atoms with E-state index < -0.39 is 7.12 Å². The van der Waals surface area contributed by atoms with E-state index in [1.54, 1.807) is 12.4 Å². The van der Waals surface area contributed by atoms with Crippen LogP contribution >= 0.6 is 0 Å². The summed E-state index contributed by atoms with van der Waals surface area (Å²) in [6, 6.07) is 4.14. The Hall–Kier alpha value is -1.86. The van der Waals surface area contributed by atoms with Gasteiger partial charge in [0.2, 0.25) is 0 Å². The summed E-state index contributed by atoms with van der Waals surface area (Å²) < 4.78 is 17.2. The Kier molecular flexibility index (Phi) is 3.26. The van der Waals surface area contributed by atoms with Crippen molar-refractivity contribution in [1.82, 2.24) is 9.97 Å². The van der Waals surface area contributed by atoms with Crippen LogP contribution in [0.1, 0.15) is 27.7 Å². The van der Waals surface area contributed by atoms with Gasteiger partial charge >= 0.3 is 7.12 Å². The van der Waals surface area contributed by atoms with Gasteiger partial charge in [-0.3, -0.25) is 5.32 Å². The molecule has 0 spiro atoms. The molecule has 0 saturated carbocycles. The molecule has 21 heavy (non-hydrogen) atoms. The minimum Gasteiger partial charge on any atom is -0.432 e. The number of anilines is 2. The fraction of sp³-hybridized carbons (Fsp3) is 0.429. The first kappa shape index (κ1) is 14.1. The van der Waals surface area contributed by atoms with Gasteiger partial charge in [0.15, 0.2) is 0 Å². The third kappa shape index (κ3) is 2.66. The standard InChI is InChI=1S/C14H18BN3O3/c1-13(2)14(3,4)21-15(20-13)10-5-6-16-11(9-10)18-12-17-7-8-19-12/h5-9H,1-4H3,(H,16,17,18). The lowest BCUT2D eigenvalue weighted by Crippen LogP contribution is -2.41. The Labute approximate surface area is 124 Å². The van der Waals surface area contributed by atoms with Crippen LogP contribution in [0.15, 0.2) is 35.2 Å². The fourth-order valence-electron chi connectivity index (χ4n) is 2.04. The van der Waals surface area contributed by atoms with E-state index in [1.165, 1.54) is 6.26 Å². The topological polar surface area (TPSA) is 69.4 Å². The Bertz CT molecular complexity index is 612. The number of aromatic nitrogens is 2. The highest BCUT2D eigenvalue weighted by Gasteiger charge is 2.51. The summed E-state index contributed by atoms with van der Waals surface area (Å²) in [6.45, 7) is 8.11. The van der Waals surface area contributed by atoms with E-state index >= 15 is 0 Å². The Morgan fingerprint density at radius 1 is 1.05 bits per heavy atom. The van der Waals surface area contributed by atoms with Crippen molar-refractivity contribution in [3.05, 3.63) is 30.8 Å². The quantitative estimate of drug-likeness (QED) is 0.872. The second kappa shape index (κ2) is 4.86. The van der Waals surface area contributed by atoms with Gasteiger partial charge in [0.1, 0.15) is 12.1 Å². The van der Waals surface area contributed by atoms with Crippen LogP contribution in [0.3, 0.4) is 0 Å². The zero-order valence-electron chi connectivity index (χ0n) is 12.6. The largest absolute Gasteiger partial charge is 0.495 e. The zero-order valence-corrected chi connectivity index (χ0v) is 12.6. The Balaban J connectivity index is 1.81. The predicted octanol–water partition coefficient (Wildman–Crippen LogP) is 2.11. The van der Waals surface area contributed by atoms with Crippen molar-refractivity contribution in [2.45, 2.75) is 38.9 Å². The second-order valence-corrected chi connectivity index (χ2v) is 6.02. The van der Waals surface area contributed by atoms with Crippen LogP contribution in [0.5, 0.6) is 0 Å². The molecule has 0 radical (unpaired) electrons. The monoisotopic (exact) mass is 287 g/mol. The number of rotatable bonds is 3. The third-order valence-electron chi connectivity index (χ3n) is 3.98. The van der Waals surface area contributed by atoms with Crippen molar-refractivity contribution in [3.63, 3.8) is 0 Å². The molecule has 0 aliphatic carbocycles. The molecule has 3 heterocycles. The highest BCUT2D eigenvalue weighted by atomic mass is 16.7. The first-order valence-corrected chi connectivity index (χ1v) is 6.85. The number of nitrogens with one attached hydrogen (secondary N) is 1. The summed E-state index contributed by atoms with van der Waals surface area (Å²) >= 11 is 0. The molecule has 0 bridgehead atoms. The average Bonchev–Trinajstić information content (AvgIpc) is 2.97. The molecular formula is C14H18BN3O3. The van der Waals surface area contributed by atoms with Gasteiger partial charge in [0, 0.05) is 6.20 Å². The highest BCUT2D eigenvalue weighted by Crippen LogP contribution is 2.36. The Morgan fingerprint density at radius 2 is 1.76 bits per heavy atom. The van der Waals surface area contributed by atoms with E-state index in [2.05, 4.69) is 15.3 Å². The first-order chi connectivity index (χ1) is 9.87. The summed E-state index contributed by atoms with van der Waals surface area (Å²) in [5.74, 6) is 0.629. The van der Waals surface area contributed by atoms with Crippen LogP contribution in [-0.2, 0) is 9.31 Å². The minimum atomic E-state index is -0.414. The first-order valence-electron chi connectivity index (χ1n) is 6.85. The van der Waals surface area contributed by atoms with Crippen molar-refractivity contribution in [3.8, 4) is 0 Å². The van der Waals surface area contributed by atoms with Gasteiger partial charge in [0.25, 0.3) is 6.01 Å². The number of nitrogens with zero attached hydrogens (tertiary/aromatic N) is 2. The molecule has 110 valence electrons. The third-order valence-corrected chi connectivity index (χ3v) is 3.98. The SMILES string of the molecule is CC1(C)OB(c2ccnc(Nc3ncco3)c2)OC1(C)C. The summed E-state index contributed by atoms with van der Waals surface area (Å²) in [7, 11) is -0.414. The van der Waals surface area contributed by atoms with Gasteiger partial charge in [-0.15, -0.1) is 0 Å². The summed E-state index contributed by atoms with van der Waals surface area (Å²) in [4.78, 5) is 8.24. The molecule has 1 aliphatic rings. The van der Waals surface area contributed by atoms with E-state index in [-0.39, 0.29) is 11.2 Å². The number of hydrogen-bond donors (Lipinski definition) is 1. The minimum absolute atomic E-state index is 0.364. The average molecular weight is 287 g/mol. The van der Waals surface area contributed by atoms with E-state index in [9.17, 15) is 0 Å². The van der Waals surface area contributed by atoms with Crippen molar-refractivity contribution >= 4 is 24.4 Å². The molecule has 1 saturated heterocycles. The summed E-state index contributed by atoms with van der Waals surface area (Å²) in [5.41, 5.74) is 0.173. The molecule has 0 amide bonds. The molecule has 7 heteroatoms. The molecule has 0 unspecified atom stereocenters. The van der Waals surface area contributed by atoms with E-state index in [4.69, 9.17) is 13.7 Å². The molecule has 2 aromatic heterocycles. The van der Waals surface area contributed by atoms with Crippen molar-refractivity contribution in [1.29, 1.82) is 0 Å². The molecular weight excluding hydrogens is 269 g/mol. The lowest BCUT2D eigenvalue weighted by atomic mass is 9.80. The van der Waals surface area contributed by atoms with E-state index in [1.807, 2.05) is 39.8 Å². The number of oxazole rings is 1. The molecule has 0 aromatic carbocycles. The lowest BCUT2D eigenvalue weighted by Gasteiger charge is -2.32. The van der Waals surface area contributed by atoms with Crippen molar-refractivity contribution in [2.75, 3.05) is 5.32 Å². The molecule has 6 nitrogen and oxygen atoms in total. The normalized spacial score (nSPS) is 19.7. The summed E-state index contributed by atoms with van der Waals surface area (Å²) in [6.07, 6.45) is 4.77. The smallest absolute Gasteiger partial charge is 0.432 e. The second-order valence-electron chi connectivity index (χ2n) is 6.02. The van der Waals surface area contributed by atoms with Crippen LogP contribution in [0.2, 0.25) is 0 Å². The molecule has 3 rings (SSSR count). The van der Waals surface area contributed by atoms with Crippen LogP contribution < -0.4 is 10.8 Å². The maximum atomic E-state index is 6.02. The maximum Gasteiger partial charge on any atom is 0.495 e.